The second-order valence-corrected chi connectivity index (χ2v) is 8.74. The van der Waals surface area contributed by atoms with Crippen LogP contribution in [-0.2, 0) is 9.59 Å². The summed E-state index contributed by atoms with van der Waals surface area (Å²) in [5.74, 6) is 1.81. The topological polar surface area (TPSA) is 49.4 Å². The van der Waals surface area contributed by atoms with Crippen LogP contribution in [0.5, 0.6) is 0 Å². The van der Waals surface area contributed by atoms with Gasteiger partial charge in [0.05, 0.1) is 4.87 Å². The summed E-state index contributed by atoms with van der Waals surface area (Å²) in [7, 11) is 0. The van der Waals surface area contributed by atoms with E-state index < -0.39 is 0 Å². The van der Waals surface area contributed by atoms with Crippen LogP contribution in [0.1, 0.15) is 26.2 Å². The molecule has 3 rings (SSSR count). The lowest BCUT2D eigenvalue weighted by molar-refractivity contribution is -0.137. The number of carbonyl (C=O) groups excluding carboxylic acids is 2. The molecule has 4 nitrogen and oxygen atoms in total. The van der Waals surface area contributed by atoms with Gasteiger partial charge in [0.2, 0.25) is 11.8 Å². The zero-order valence-electron chi connectivity index (χ0n) is 13.3. The third-order valence-corrected chi connectivity index (χ3v) is 6.98. The number of hydrogen-bond donors (Lipinski definition) is 1. The SMILES string of the molecule is CC12CCC(=O)N1C(C(=O)NCCCSc1ccccc1)CS2. The van der Waals surface area contributed by atoms with Gasteiger partial charge in [-0.3, -0.25) is 9.59 Å². The van der Waals surface area contributed by atoms with Crippen molar-refractivity contribution in [2.24, 2.45) is 0 Å². The van der Waals surface area contributed by atoms with E-state index in [0.717, 1.165) is 18.6 Å². The number of nitrogens with one attached hydrogen (secondary N) is 1. The summed E-state index contributed by atoms with van der Waals surface area (Å²) >= 11 is 3.54. The average Bonchev–Trinajstić information content (AvgIpc) is 3.04. The number of nitrogens with zero attached hydrogens (tertiary/aromatic N) is 1. The molecule has 124 valence electrons. The zero-order valence-corrected chi connectivity index (χ0v) is 14.9. The number of thioether (sulfide) groups is 2. The minimum atomic E-state index is -0.290. The average molecular weight is 351 g/mol. The molecule has 0 saturated carbocycles. The third-order valence-electron chi connectivity index (χ3n) is 4.38. The van der Waals surface area contributed by atoms with Crippen LogP contribution in [0.15, 0.2) is 35.2 Å². The van der Waals surface area contributed by atoms with Crippen LogP contribution >= 0.6 is 23.5 Å². The second kappa shape index (κ2) is 7.18. The van der Waals surface area contributed by atoms with E-state index in [0.29, 0.717) is 18.7 Å². The summed E-state index contributed by atoms with van der Waals surface area (Å²) in [6, 6.07) is 9.98. The molecule has 2 atom stereocenters. The number of benzene rings is 1. The second-order valence-electron chi connectivity index (χ2n) is 6.07. The van der Waals surface area contributed by atoms with Gasteiger partial charge in [-0.1, -0.05) is 18.2 Å². The molecule has 0 radical (unpaired) electrons. The van der Waals surface area contributed by atoms with Gasteiger partial charge in [-0.25, -0.2) is 0 Å². The Morgan fingerprint density at radius 1 is 1.43 bits per heavy atom. The van der Waals surface area contributed by atoms with Crippen LogP contribution in [0.4, 0.5) is 0 Å². The van der Waals surface area contributed by atoms with Gasteiger partial charge in [0.1, 0.15) is 6.04 Å². The van der Waals surface area contributed by atoms with E-state index in [1.165, 1.54) is 4.90 Å². The highest BCUT2D eigenvalue weighted by Gasteiger charge is 2.52. The fourth-order valence-electron chi connectivity index (χ4n) is 3.12. The summed E-state index contributed by atoms with van der Waals surface area (Å²) < 4.78 is 0. The fourth-order valence-corrected chi connectivity index (χ4v) is 5.43. The molecule has 0 aliphatic carbocycles. The lowest BCUT2D eigenvalue weighted by Gasteiger charge is -2.29. The summed E-state index contributed by atoms with van der Waals surface area (Å²) in [5, 5.41) is 3.00. The van der Waals surface area contributed by atoms with Crippen LogP contribution < -0.4 is 5.32 Å². The van der Waals surface area contributed by atoms with Gasteiger partial charge in [-0.2, -0.15) is 0 Å². The van der Waals surface area contributed by atoms with Crippen molar-refractivity contribution >= 4 is 35.3 Å². The van der Waals surface area contributed by atoms with Crippen molar-refractivity contribution in [3.8, 4) is 0 Å². The molecule has 2 unspecified atom stereocenters. The Bertz CT molecular complexity index is 581. The van der Waals surface area contributed by atoms with Crippen LogP contribution in [0.25, 0.3) is 0 Å². The number of carbonyl (C=O) groups is 2. The lowest BCUT2D eigenvalue weighted by atomic mass is 10.2. The molecule has 23 heavy (non-hydrogen) atoms. The third kappa shape index (κ3) is 3.69. The summed E-state index contributed by atoms with van der Waals surface area (Å²) in [5.41, 5.74) is 0. The highest BCUT2D eigenvalue weighted by Crippen LogP contribution is 2.47. The van der Waals surface area contributed by atoms with E-state index in [1.807, 2.05) is 23.1 Å². The first-order valence-electron chi connectivity index (χ1n) is 8.02. The summed E-state index contributed by atoms with van der Waals surface area (Å²) in [4.78, 5) is 27.3. The van der Waals surface area contributed by atoms with Gasteiger partial charge < -0.3 is 10.2 Å². The fraction of sp³-hybridized carbons (Fsp3) is 0.529. The van der Waals surface area contributed by atoms with E-state index in [4.69, 9.17) is 0 Å². The highest BCUT2D eigenvalue weighted by molar-refractivity contribution is 8.01. The van der Waals surface area contributed by atoms with Crippen molar-refractivity contribution in [1.29, 1.82) is 0 Å². The molecule has 0 spiro atoms. The summed E-state index contributed by atoms with van der Waals surface area (Å²) in [6.45, 7) is 2.74. The van der Waals surface area contributed by atoms with E-state index in [-0.39, 0.29) is 22.7 Å². The highest BCUT2D eigenvalue weighted by atomic mass is 32.2. The maximum absolute atomic E-state index is 12.4. The number of rotatable bonds is 6. The molecule has 2 aliphatic rings. The van der Waals surface area contributed by atoms with Crippen LogP contribution in [-0.4, -0.2) is 45.7 Å². The van der Waals surface area contributed by atoms with Gasteiger partial charge in [-0.15, -0.1) is 23.5 Å². The molecule has 1 aromatic carbocycles. The Hall–Kier alpha value is -1.14. The quantitative estimate of drug-likeness (QED) is 0.633. The number of amides is 2. The first kappa shape index (κ1) is 16.7. The maximum Gasteiger partial charge on any atom is 0.243 e. The van der Waals surface area contributed by atoms with Crippen LogP contribution in [0.2, 0.25) is 0 Å². The lowest BCUT2D eigenvalue weighted by Crippen LogP contribution is -2.50. The minimum absolute atomic E-state index is 0.00110. The van der Waals surface area contributed by atoms with Gasteiger partial charge in [0.15, 0.2) is 0 Å². The Labute approximate surface area is 145 Å². The maximum atomic E-state index is 12.4. The molecule has 2 amide bonds. The van der Waals surface area contributed by atoms with Crippen molar-refractivity contribution in [2.75, 3.05) is 18.1 Å². The smallest absolute Gasteiger partial charge is 0.243 e. The van der Waals surface area contributed by atoms with Gasteiger partial charge in [-0.05, 0) is 37.7 Å². The molecule has 2 heterocycles. The molecule has 1 N–H and O–H groups in total. The van der Waals surface area contributed by atoms with E-state index >= 15 is 0 Å². The molecule has 1 aromatic rings. The molecule has 2 aliphatic heterocycles. The van der Waals surface area contributed by atoms with Gasteiger partial charge >= 0.3 is 0 Å². The molecule has 2 saturated heterocycles. The summed E-state index contributed by atoms with van der Waals surface area (Å²) in [6.07, 6.45) is 2.35. The first-order valence-corrected chi connectivity index (χ1v) is 9.99. The van der Waals surface area contributed by atoms with Crippen LogP contribution in [0.3, 0.4) is 0 Å². The Morgan fingerprint density at radius 3 is 3.00 bits per heavy atom. The van der Waals surface area contributed by atoms with Crippen molar-refractivity contribution in [3.05, 3.63) is 30.3 Å². The Morgan fingerprint density at radius 2 is 2.22 bits per heavy atom. The number of fused-ring (bicyclic) bond motifs is 1. The molecule has 0 bridgehead atoms. The van der Waals surface area contributed by atoms with Crippen molar-refractivity contribution in [2.45, 2.75) is 42.0 Å². The van der Waals surface area contributed by atoms with Gasteiger partial charge in [0.25, 0.3) is 0 Å². The van der Waals surface area contributed by atoms with E-state index in [2.05, 4.69) is 24.4 Å². The Kier molecular flexibility index (Phi) is 5.21. The zero-order chi connectivity index (χ0) is 16.3. The van der Waals surface area contributed by atoms with Crippen molar-refractivity contribution in [3.63, 3.8) is 0 Å². The van der Waals surface area contributed by atoms with E-state index in [9.17, 15) is 9.59 Å². The predicted octanol–water partition coefficient (Wildman–Crippen LogP) is 2.74. The molecule has 0 aromatic heterocycles. The Balaban J connectivity index is 1.41. The molecular formula is C17H22N2O2S2. The normalized spacial score (nSPS) is 26.4. The first-order chi connectivity index (χ1) is 11.1. The van der Waals surface area contributed by atoms with E-state index in [1.54, 1.807) is 23.5 Å². The monoisotopic (exact) mass is 350 g/mol. The van der Waals surface area contributed by atoms with Crippen LogP contribution in [0, 0.1) is 0 Å². The van der Waals surface area contributed by atoms with Crippen molar-refractivity contribution in [1.82, 2.24) is 10.2 Å². The number of hydrogen-bond acceptors (Lipinski definition) is 4. The minimum Gasteiger partial charge on any atom is -0.354 e. The van der Waals surface area contributed by atoms with Crippen molar-refractivity contribution < 1.29 is 9.59 Å². The predicted molar refractivity (Wildman–Crippen MR) is 95.5 cm³/mol. The van der Waals surface area contributed by atoms with Gasteiger partial charge in [0, 0.05) is 23.6 Å². The molecular weight excluding hydrogens is 328 g/mol. The standard InChI is InChI=1S/C17H22N2O2S2/c1-17-9-8-15(20)19(17)14(12-23-17)16(21)18-10-5-11-22-13-6-3-2-4-7-13/h2-4,6-7,14H,5,8-12H2,1H3,(H,18,21). The molecule has 2 fully saturated rings. The molecule has 6 heteroatoms. The largest absolute Gasteiger partial charge is 0.354 e.